The van der Waals surface area contributed by atoms with Gasteiger partial charge in [0.25, 0.3) is 0 Å². The second-order valence-electron chi connectivity index (χ2n) is 7.53. The first-order valence-corrected chi connectivity index (χ1v) is 10.6. The number of nitrogens with zero attached hydrogens (tertiary/aromatic N) is 2. The molecular weight excluding hydrogens is 388 g/mol. The summed E-state index contributed by atoms with van der Waals surface area (Å²) in [7, 11) is 0. The van der Waals surface area contributed by atoms with Gasteiger partial charge in [0.15, 0.2) is 0 Å². The Balaban J connectivity index is 1.55. The lowest BCUT2D eigenvalue weighted by molar-refractivity contribution is 0.0255. The SMILES string of the molecule is Cc1ccccc1CN(CCN1CCOCC1)CC(O)COc1ccc(Cl)cc1. The molecule has 0 aliphatic carbocycles. The van der Waals surface area contributed by atoms with Crippen LogP contribution in [0.25, 0.3) is 0 Å². The third kappa shape index (κ3) is 7.61. The molecule has 2 aromatic carbocycles. The van der Waals surface area contributed by atoms with E-state index in [0.717, 1.165) is 45.9 Å². The largest absolute Gasteiger partial charge is 0.491 e. The molecule has 0 bridgehead atoms. The van der Waals surface area contributed by atoms with Crippen molar-refractivity contribution in [3.8, 4) is 5.75 Å². The molecule has 1 heterocycles. The lowest BCUT2D eigenvalue weighted by atomic mass is 10.1. The maximum absolute atomic E-state index is 10.6. The van der Waals surface area contributed by atoms with E-state index in [1.807, 2.05) is 12.1 Å². The van der Waals surface area contributed by atoms with Gasteiger partial charge in [-0.15, -0.1) is 0 Å². The highest BCUT2D eigenvalue weighted by molar-refractivity contribution is 6.30. The Bertz CT molecular complexity index is 735. The summed E-state index contributed by atoms with van der Waals surface area (Å²) in [6.07, 6.45) is -0.570. The summed E-state index contributed by atoms with van der Waals surface area (Å²) in [5.41, 5.74) is 2.57. The van der Waals surface area contributed by atoms with Crippen molar-refractivity contribution in [2.75, 3.05) is 52.5 Å². The van der Waals surface area contributed by atoms with Gasteiger partial charge >= 0.3 is 0 Å². The number of morpholine rings is 1. The number of hydrogen-bond donors (Lipinski definition) is 1. The van der Waals surface area contributed by atoms with Crippen LogP contribution >= 0.6 is 11.6 Å². The van der Waals surface area contributed by atoms with Gasteiger partial charge in [-0.1, -0.05) is 35.9 Å². The number of hydrogen-bond acceptors (Lipinski definition) is 5. The normalized spacial score (nSPS) is 16.1. The van der Waals surface area contributed by atoms with Crippen molar-refractivity contribution < 1.29 is 14.6 Å². The minimum atomic E-state index is -0.570. The average Bonchev–Trinajstić information content (AvgIpc) is 2.74. The molecule has 6 heteroatoms. The van der Waals surface area contributed by atoms with E-state index in [2.05, 4.69) is 41.0 Å². The first-order valence-electron chi connectivity index (χ1n) is 10.2. The Kier molecular flexibility index (Phi) is 8.77. The molecule has 0 spiro atoms. The van der Waals surface area contributed by atoms with Crippen LogP contribution in [0.2, 0.25) is 5.02 Å². The Hall–Kier alpha value is -1.63. The molecule has 1 aliphatic rings. The molecule has 0 amide bonds. The van der Waals surface area contributed by atoms with Crippen molar-refractivity contribution in [2.24, 2.45) is 0 Å². The highest BCUT2D eigenvalue weighted by atomic mass is 35.5. The van der Waals surface area contributed by atoms with Crippen molar-refractivity contribution in [1.82, 2.24) is 9.80 Å². The predicted molar refractivity (Wildman–Crippen MR) is 117 cm³/mol. The van der Waals surface area contributed by atoms with Gasteiger partial charge in [-0.2, -0.15) is 0 Å². The fourth-order valence-corrected chi connectivity index (χ4v) is 3.57. The first kappa shape index (κ1) is 22.1. The molecule has 29 heavy (non-hydrogen) atoms. The molecule has 1 N–H and O–H groups in total. The van der Waals surface area contributed by atoms with E-state index < -0.39 is 6.10 Å². The van der Waals surface area contributed by atoms with Crippen LogP contribution in [0.5, 0.6) is 5.75 Å². The molecule has 1 unspecified atom stereocenters. The quantitative estimate of drug-likeness (QED) is 0.641. The minimum absolute atomic E-state index is 0.253. The van der Waals surface area contributed by atoms with Crippen LogP contribution in [0.3, 0.4) is 0 Å². The fourth-order valence-electron chi connectivity index (χ4n) is 3.44. The Morgan fingerprint density at radius 3 is 2.59 bits per heavy atom. The summed E-state index contributed by atoms with van der Waals surface area (Å²) in [5.74, 6) is 0.715. The van der Waals surface area contributed by atoms with Crippen LogP contribution in [0.4, 0.5) is 0 Å². The number of aliphatic hydroxyl groups is 1. The van der Waals surface area contributed by atoms with Gasteiger partial charge < -0.3 is 14.6 Å². The molecule has 0 radical (unpaired) electrons. The molecule has 158 valence electrons. The smallest absolute Gasteiger partial charge is 0.119 e. The number of halogens is 1. The van der Waals surface area contributed by atoms with Crippen LogP contribution < -0.4 is 4.74 Å². The first-order chi connectivity index (χ1) is 14.1. The lowest BCUT2D eigenvalue weighted by Crippen LogP contribution is -2.43. The van der Waals surface area contributed by atoms with E-state index in [9.17, 15) is 5.11 Å². The average molecular weight is 419 g/mol. The molecule has 1 saturated heterocycles. The molecule has 0 saturated carbocycles. The maximum Gasteiger partial charge on any atom is 0.119 e. The number of ether oxygens (including phenoxy) is 2. The minimum Gasteiger partial charge on any atom is -0.491 e. The molecule has 3 rings (SSSR count). The zero-order valence-corrected chi connectivity index (χ0v) is 17.9. The van der Waals surface area contributed by atoms with Gasteiger partial charge in [-0.25, -0.2) is 0 Å². The number of rotatable bonds is 10. The molecular formula is C23H31ClN2O3. The van der Waals surface area contributed by atoms with E-state index in [-0.39, 0.29) is 6.61 Å². The van der Waals surface area contributed by atoms with E-state index in [4.69, 9.17) is 21.1 Å². The van der Waals surface area contributed by atoms with E-state index in [0.29, 0.717) is 17.3 Å². The summed E-state index contributed by atoms with van der Waals surface area (Å²) < 4.78 is 11.2. The highest BCUT2D eigenvalue weighted by Gasteiger charge is 2.17. The second-order valence-corrected chi connectivity index (χ2v) is 7.97. The third-order valence-corrected chi connectivity index (χ3v) is 5.47. The summed E-state index contributed by atoms with van der Waals surface area (Å²) >= 11 is 5.91. The zero-order chi connectivity index (χ0) is 20.5. The number of aliphatic hydroxyl groups excluding tert-OH is 1. The van der Waals surface area contributed by atoms with Crippen molar-refractivity contribution in [3.05, 3.63) is 64.7 Å². The molecule has 1 fully saturated rings. The Morgan fingerprint density at radius 2 is 1.86 bits per heavy atom. The van der Waals surface area contributed by atoms with Crippen LogP contribution in [0.15, 0.2) is 48.5 Å². The molecule has 0 aromatic heterocycles. The van der Waals surface area contributed by atoms with Gasteiger partial charge in [0.1, 0.15) is 18.5 Å². The van der Waals surface area contributed by atoms with E-state index >= 15 is 0 Å². The zero-order valence-electron chi connectivity index (χ0n) is 17.1. The lowest BCUT2D eigenvalue weighted by Gasteiger charge is -2.31. The van der Waals surface area contributed by atoms with Crippen LogP contribution in [0.1, 0.15) is 11.1 Å². The van der Waals surface area contributed by atoms with E-state index in [1.54, 1.807) is 12.1 Å². The van der Waals surface area contributed by atoms with Crippen molar-refractivity contribution in [2.45, 2.75) is 19.6 Å². The topological polar surface area (TPSA) is 45.2 Å². The monoisotopic (exact) mass is 418 g/mol. The summed E-state index contributed by atoms with van der Waals surface area (Å²) in [4.78, 5) is 4.73. The number of benzene rings is 2. The summed E-state index contributed by atoms with van der Waals surface area (Å²) in [6, 6.07) is 15.6. The Morgan fingerprint density at radius 1 is 1.14 bits per heavy atom. The highest BCUT2D eigenvalue weighted by Crippen LogP contribution is 2.16. The molecule has 2 aromatic rings. The summed E-state index contributed by atoms with van der Waals surface area (Å²) in [5, 5.41) is 11.3. The summed E-state index contributed by atoms with van der Waals surface area (Å²) in [6.45, 7) is 9.18. The standard InChI is InChI=1S/C23H31ClN2O3/c1-19-4-2-3-5-20(19)16-26(11-10-25-12-14-28-15-13-25)17-22(27)18-29-23-8-6-21(24)7-9-23/h2-9,22,27H,10-18H2,1H3. The van der Waals surface area contributed by atoms with Gasteiger partial charge in [0.2, 0.25) is 0 Å². The predicted octanol–water partition coefficient (Wildman–Crippen LogP) is 3.22. The van der Waals surface area contributed by atoms with E-state index in [1.165, 1.54) is 11.1 Å². The maximum atomic E-state index is 10.6. The molecule has 1 atom stereocenters. The molecule has 1 aliphatic heterocycles. The molecule has 5 nitrogen and oxygen atoms in total. The van der Waals surface area contributed by atoms with Gasteiger partial charge in [-0.3, -0.25) is 9.80 Å². The van der Waals surface area contributed by atoms with Crippen molar-refractivity contribution in [1.29, 1.82) is 0 Å². The van der Waals surface area contributed by atoms with Crippen LogP contribution in [-0.2, 0) is 11.3 Å². The fraction of sp³-hybridized carbons (Fsp3) is 0.478. The van der Waals surface area contributed by atoms with Crippen LogP contribution in [0, 0.1) is 6.92 Å². The van der Waals surface area contributed by atoms with Gasteiger partial charge in [0.05, 0.1) is 13.2 Å². The van der Waals surface area contributed by atoms with Gasteiger partial charge in [0, 0.05) is 44.3 Å². The number of aryl methyl sites for hydroxylation is 1. The van der Waals surface area contributed by atoms with Crippen molar-refractivity contribution >= 4 is 11.6 Å². The third-order valence-electron chi connectivity index (χ3n) is 5.22. The van der Waals surface area contributed by atoms with Gasteiger partial charge in [-0.05, 0) is 42.3 Å². The van der Waals surface area contributed by atoms with Crippen LogP contribution in [-0.4, -0.2) is 73.6 Å². The van der Waals surface area contributed by atoms with Crippen molar-refractivity contribution in [3.63, 3.8) is 0 Å². The Labute approximate surface area is 178 Å². The second kappa shape index (κ2) is 11.5.